The van der Waals surface area contributed by atoms with Gasteiger partial charge < -0.3 is 9.64 Å². The van der Waals surface area contributed by atoms with Crippen LogP contribution < -0.4 is 9.64 Å². The highest BCUT2D eigenvalue weighted by molar-refractivity contribution is 5.52. The van der Waals surface area contributed by atoms with E-state index < -0.39 is 18.8 Å². The Morgan fingerprint density at radius 1 is 1.25 bits per heavy atom. The lowest BCUT2D eigenvalue weighted by Gasteiger charge is -2.17. The van der Waals surface area contributed by atoms with Crippen LogP contribution in [0.1, 0.15) is 5.56 Å². The number of hydrogen-bond donors (Lipinski definition) is 0. The summed E-state index contributed by atoms with van der Waals surface area (Å²) in [6, 6.07) is 3.96. The second-order valence-electron chi connectivity index (χ2n) is 3.37. The van der Waals surface area contributed by atoms with Gasteiger partial charge in [-0.3, -0.25) is 0 Å². The predicted molar refractivity (Wildman–Crippen MR) is 52.3 cm³/mol. The minimum atomic E-state index is -4.81. The Bertz CT molecular complexity index is 362. The smallest absolute Gasteiger partial charge is 0.405 e. The zero-order valence-electron chi connectivity index (χ0n) is 8.81. The average Bonchev–Trinajstić information content (AvgIpc) is 2.15. The molecule has 0 aliphatic heterocycles. The maximum absolute atomic E-state index is 12.4. The summed E-state index contributed by atoms with van der Waals surface area (Å²) in [4.78, 5) is 1.60. The Kier molecular flexibility index (Phi) is 3.62. The summed E-state index contributed by atoms with van der Waals surface area (Å²) in [5.74, 6) is -0.499. The molecule has 16 heavy (non-hydrogen) atoms. The molecule has 0 aliphatic carbocycles. The van der Waals surface area contributed by atoms with E-state index in [1.807, 2.05) is 0 Å². The molecule has 0 radical (unpaired) electrons. The molecule has 0 atom stereocenters. The SMILES string of the molecule is CN(C)c1ccc(CF)c(OC(F)(F)F)c1. The second-order valence-corrected chi connectivity index (χ2v) is 3.37. The molecule has 2 nitrogen and oxygen atoms in total. The van der Waals surface area contributed by atoms with E-state index in [-0.39, 0.29) is 5.56 Å². The first-order chi connectivity index (χ1) is 7.33. The summed E-state index contributed by atoms with van der Waals surface area (Å²) in [6.07, 6.45) is -4.81. The molecule has 0 aromatic heterocycles. The molecule has 1 rings (SSSR count). The maximum Gasteiger partial charge on any atom is 0.573 e. The van der Waals surface area contributed by atoms with Gasteiger partial charge in [-0.1, -0.05) is 6.07 Å². The molecule has 0 unspecified atom stereocenters. The van der Waals surface area contributed by atoms with E-state index in [2.05, 4.69) is 4.74 Å². The van der Waals surface area contributed by atoms with E-state index >= 15 is 0 Å². The first-order valence-electron chi connectivity index (χ1n) is 4.45. The van der Waals surface area contributed by atoms with Crippen molar-refractivity contribution in [1.29, 1.82) is 0 Å². The molecule has 0 saturated carbocycles. The quantitative estimate of drug-likeness (QED) is 0.749. The second kappa shape index (κ2) is 4.59. The van der Waals surface area contributed by atoms with Crippen LogP contribution in [0.15, 0.2) is 18.2 Å². The van der Waals surface area contributed by atoms with Gasteiger partial charge in [0.05, 0.1) is 0 Å². The third kappa shape index (κ3) is 3.29. The molecule has 0 bridgehead atoms. The maximum atomic E-state index is 12.4. The van der Waals surface area contributed by atoms with Crippen LogP contribution in [0, 0.1) is 0 Å². The van der Waals surface area contributed by atoms with Gasteiger partial charge in [0.1, 0.15) is 12.4 Å². The van der Waals surface area contributed by atoms with Crippen LogP contribution in [0.4, 0.5) is 23.2 Å². The van der Waals surface area contributed by atoms with Crippen LogP contribution in [-0.4, -0.2) is 20.5 Å². The topological polar surface area (TPSA) is 12.5 Å². The monoisotopic (exact) mass is 237 g/mol. The van der Waals surface area contributed by atoms with Gasteiger partial charge in [0.15, 0.2) is 0 Å². The number of halogens is 4. The molecule has 6 heteroatoms. The molecular weight excluding hydrogens is 226 g/mol. The van der Waals surface area contributed by atoms with Crippen molar-refractivity contribution < 1.29 is 22.3 Å². The Morgan fingerprint density at radius 3 is 2.31 bits per heavy atom. The highest BCUT2D eigenvalue weighted by Gasteiger charge is 2.32. The van der Waals surface area contributed by atoms with Gasteiger partial charge in [0.2, 0.25) is 0 Å². The molecule has 0 saturated heterocycles. The van der Waals surface area contributed by atoms with E-state index in [4.69, 9.17) is 0 Å². The number of anilines is 1. The number of benzene rings is 1. The molecular formula is C10H11F4NO. The summed E-state index contributed by atoms with van der Waals surface area (Å²) in [5, 5.41) is 0. The number of hydrogen-bond acceptors (Lipinski definition) is 2. The van der Waals surface area contributed by atoms with Crippen molar-refractivity contribution in [3.8, 4) is 5.75 Å². The van der Waals surface area contributed by atoms with Crippen LogP contribution in [0.5, 0.6) is 5.75 Å². The Morgan fingerprint density at radius 2 is 1.88 bits per heavy atom. The van der Waals surface area contributed by atoms with Crippen molar-refractivity contribution in [2.24, 2.45) is 0 Å². The van der Waals surface area contributed by atoms with E-state index in [1.54, 1.807) is 19.0 Å². The normalized spacial score (nSPS) is 11.4. The molecule has 1 aromatic carbocycles. The van der Waals surface area contributed by atoms with Gasteiger partial charge in [0, 0.05) is 31.4 Å². The summed E-state index contributed by atoms with van der Waals surface area (Å²) in [7, 11) is 3.34. The fourth-order valence-electron chi connectivity index (χ4n) is 1.15. The van der Waals surface area contributed by atoms with Gasteiger partial charge >= 0.3 is 6.36 Å². The van der Waals surface area contributed by atoms with Crippen LogP contribution in [0.3, 0.4) is 0 Å². The predicted octanol–water partition coefficient (Wildman–Crippen LogP) is 3.12. The minimum absolute atomic E-state index is 0.122. The first kappa shape index (κ1) is 12.6. The van der Waals surface area contributed by atoms with Crippen LogP contribution in [-0.2, 0) is 6.67 Å². The lowest BCUT2D eigenvalue weighted by Crippen LogP contribution is -2.18. The number of rotatable bonds is 3. The fourth-order valence-corrected chi connectivity index (χ4v) is 1.15. The minimum Gasteiger partial charge on any atom is -0.405 e. The molecule has 0 amide bonds. The summed E-state index contributed by atoms with van der Waals surface area (Å²) >= 11 is 0. The van der Waals surface area contributed by atoms with Gasteiger partial charge in [-0.15, -0.1) is 13.2 Å². The zero-order chi connectivity index (χ0) is 12.3. The van der Waals surface area contributed by atoms with E-state index in [0.717, 1.165) is 6.07 Å². The molecule has 0 spiro atoms. The summed E-state index contributed by atoms with van der Waals surface area (Å²) in [5.41, 5.74) is 0.388. The summed E-state index contributed by atoms with van der Waals surface area (Å²) < 4.78 is 52.3. The highest BCUT2D eigenvalue weighted by atomic mass is 19.4. The molecule has 1 aromatic rings. The van der Waals surface area contributed by atoms with Gasteiger partial charge in [-0.2, -0.15) is 0 Å². The lowest BCUT2D eigenvalue weighted by molar-refractivity contribution is -0.274. The van der Waals surface area contributed by atoms with E-state index in [0.29, 0.717) is 5.69 Å². The van der Waals surface area contributed by atoms with Gasteiger partial charge in [-0.25, -0.2) is 4.39 Å². The van der Waals surface area contributed by atoms with Crippen molar-refractivity contribution >= 4 is 5.69 Å². The first-order valence-corrected chi connectivity index (χ1v) is 4.45. The van der Waals surface area contributed by atoms with E-state index in [9.17, 15) is 17.6 Å². The van der Waals surface area contributed by atoms with Crippen LogP contribution >= 0.6 is 0 Å². The molecule has 0 fully saturated rings. The van der Waals surface area contributed by atoms with Crippen molar-refractivity contribution in [3.63, 3.8) is 0 Å². The number of alkyl halides is 4. The molecule has 90 valence electrons. The highest BCUT2D eigenvalue weighted by Crippen LogP contribution is 2.30. The Balaban J connectivity index is 3.07. The van der Waals surface area contributed by atoms with Crippen LogP contribution in [0.2, 0.25) is 0 Å². The van der Waals surface area contributed by atoms with Gasteiger partial charge in [-0.05, 0) is 6.07 Å². The fraction of sp³-hybridized carbons (Fsp3) is 0.400. The van der Waals surface area contributed by atoms with Crippen molar-refractivity contribution in [3.05, 3.63) is 23.8 Å². The largest absolute Gasteiger partial charge is 0.573 e. The number of nitrogens with zero attached hydrogens (tertiary/aromatic N) is 1. The Hall–Kier alpha value is -1.46. The van der Waals surface area contributed by atoms with Crippen LogP contribution in [0.25, 0.3) is 0 Å². The number of ether oxygens (including phenoxy) is 1. The van der Waals surface area contributed by atoms with Gasteiger partial charge in [0.25, 0.3) is 0 Å². The third-order valence-corrected chi connectivity index (χ3v) is 1.94. The molecule has 0 aliphatic rings. The molecule has 0 heterocycles. The summed E-state index contributed by atoms with van der Waals surface area (Å²) in [6.45, 7) is -1.00. The standard InChI is InChI=1S/C10H11F4NO/c1-15(2)8-4-3-7(6-11)9(5-8)16-10(12,13)14/h3-5H,6H2,1-2H3. The lowest BCUT2D eigenvalue weighted by atomic mass is 10.2. The van der Waals surface area contributed by atoms with Crippen molar-refractivity contribution in [1.82, 2.24) is 0 Å². The van der Waals surface area contributed by atoms with Crippen molar-refractivity contribution in [2.75, 3.05) is 19.0 Å². The Labute approximate surface area is 90.4 Å². The zero-order valence-corrected chi connectivity index (χ0v) is 8.81. The third-order valence-electron chi connectivity index (χ3n) is 1.94. The molecule has 0 N–H and O–H groups in total. The average molecular weight is 237 g/mol. The van der Waals surface area contributed by atoms with E-state index in [1.165, 1.54) is 12.1 Å². The van der Waals surface area contributed by atoms with Crippen molar-refractivity contribution in [2.45, 2.75) is 13.0 Å².